The molecule has 0 saturated carbocycles. The minimum Gasteiger partial charge on any atom is -0.481 e. The number of fused-ring (bicyclic) bond motifs is 1. The Labute approximate surface area is 162 Å². The number of carbonyl (C=O) groups is 2. The Bertz CT molecular complexity index is 921. The molecule has 2 unspecified atom stereocenters. The molecule has 1 aromatic heterocycles. The van der Waals surface area contributed by atoms with E-state index >= 15 is 0 Å². The lowest BCUT2D eigenvalue weighted by Gasteiger charge is -2.28. The van der Waals surface area contributed by atoms with Gasteiger partial charge in [-0.05, 0) is 24.6 Å². The minimum absolute atomic E-state index is 0.0937. The van der Waals surface area contributed by atoms with E-state index in [0.717, 1.165) is 20.8 Å². The highest BCUT2D eigenvalue weighted by Gasteiger charge is 2.36. The smallest absolute Gasteiger partial charge is 0.308 e. The van der Waals surface area contributed by atoms with E-state index in [1.165, 1.54) is 0 Å². The van der Waals surface area contributed by atoms with Crippen LogP contribution in [-0.4, -0.2) is 28.5 Å². The summed E-state index contributed by atoms with van der Waals surface area (Å²) in [5, 5.41) is 12.8. The molecule has 0 aliphatic rings. The maximum absolute atomic E-state index is 13.1. The van der Waals surface area contributed by atoms with E-state index in [-0.39, 0.29) is 12.5 Å². The van der Waals surface area contributed by atoms with Gasteiger partial charge in [0.25, 0.3) is 0 Å². The second-order valence-corrected chi connectivity index (χ2v) is 8.01. The maximum atomic E-state index is 13.1. The zero-order valence-corrected chi connectivity index (χ0v) is 16.1. The fourth-order valence-corrected chi connectivity index (χ4v) is 4.07. The van der Waals surface area contributed by atoms with E-state index < -0.39 is 17.3 Å². The maximum Gasteiger partial charge on any atom is 0.308 e. The van der Waals surface area contributed by atoms with E-state index in [4.69, 9.17) is 5.11 Å². The summed E-state index contributed by atoms with van der Waals surface area (Å²) in [6, 6.07) is 17.5. The lowest BCUT2D eigenvalue weighted by atomic mass is 9.78. The van der Waals surface area contributed by atoms with Crippen LogP contribution in [0.15, 0.2) is 54.6 Å². The molecule has 0 saturated heterocycles. The van der Waals surface area contributed by atoms with Crippen LogP contribution in [0.4, 0.5) is 0 Å². The number of nitrogens with zero attached hydrogens (tertiary/aromatic N) is 1. The Balaban J connectivity index is 1.90. The molecule has 0 aliphatic heterocycles. The number of hydrogen-bond acceptors (Lipinski definition) is 4. The Kier molecular flexibility index (Phi) is 5.56. The summed E-state index contributed by atoms with van der Waals surface area (Å²) in [5.74, 6) is -1.76. The monoisotopic (exact) mass is 382 g/mol. The van der Waals surface area contributed by atoms with Gasteiger partial charge in [0.1, 0.15) is 0 Å². The average molecular weight is 382 g/mol. The summed E-state index contributed by atoms with van der Waals surface area (Å²) in [6.07, 6.45) is 0.448. The topological polar surface area (TPSA) is 79.3 Å². The third-order valence-electron chi connectivity index (χ3n) is 4.75. The molecule has 2 atom stereocenters. The van der Waals surface area contributed by atoms with Crippen LogP contribution in [0.1, 0.15) is 24.4 Å². The van der Waals surface area contributed by atoms with Crippen LogP contribution in [0.2, 0.25) is 0 Å². The lowest BCUT2D eigenvalue weighted by molar-refractivity contribution is -0.141. The van der Waals surface area contributed by atoms with Gasteiger partial charge >= 0.3 is 5.97 Å². The Morgan fingerprint density at radius 2 is 1.81 bits per heavy atom. The van der Waals surface area contributed by atoms with Gasteiger partial charge in [-0.3, -0.25) is 9.59 Å². The highest BCUT2D eigenvalue weighted by molar-refractivity contribution is 7.18. The standard InChI is InChI=1S/C21H22N2O3S/c1-14(19(24)25)13-22-20(26)21(2,15-8-4-3-5-9-15)12-18-23-16-10-6-7-11-17(16)27-18/h3-11,14H,12-13H2,1-2H3,(H,22,26)(H,24,25). The molecule has 2 aromatic carbocycles. The fourth-order valence-electron chi connectivity index (χ4n) is 2.95. The first kappa shape index (κ1) is 19.0. The van der Waals surface area contributed by atoms with Gasteiger partial charge in [0.15, 0.2) is 0 Å². The van der Waals surface area contributed by atoms with E-state index in [1.54, 1.807) is 18.3 Å². The molecule has 0 fully saturated rings. The van der Waals surface area contributed by atoms with Crippen molar-refractivity contribution in [2.45, 2.75) is 25.7 Å². The highest BCUT2D eigenvalue weighted by atomic mass is 32.1. The number of thiazole rings is 1. The number of carboxylic acids is 1. The molecule has 1 heterocycles. The van der Waals surface area contributed by atoms with Gasteiger partial charge in [-0.1, -0.05) is 49.4 Å². The average Bonchev–Trinajstić information content (AvgIpc) is 3.08. The molecule has 0 bridgehead atoms. The van der Waals surface area contributed by atoms with Crippen molar-refractivity contribution < 1.29 is 14.7 Å². The Morgan fingerprint density at radius 3 is 2.48 bits per heavy atom. The third-order valence-corrected chi connectivity index (χ3v) is 5.78. The third kappa shape index (κ3) is 4.17. The van der Waals surface area contributed by atoms with Crippen molar-refractivity contribution in [3.05, 3.63) is 65.2 Å². The molecular formula is C21H22N2O3S. The molecule has 2 N–H and O–H groups in total. The molecule has 27 heavy (non-hydrogen) atoms. The first-order valence-corrected chi connectivity index (χ1v) is 9.63. The zero-order valence-electron chi connectivity index (χ0n) is 15.3. The second-order valence-electron chi connectivity index (χ2n) is 6.90. The van der Waals surface area contributed by atoms with Crippen LogP contribution in [0.5, 0.6) is 0 Å². The summed E-state index contributed by atoms with van der Waals surface area (Å²) in [6.45, 7) is 3.56. The molecule has 3 rings (SSSR count). The van der Waals surface area contributed by atoms with Crippen LogP contribution < -0.4 is 5.32 Å². The number of aromatic nitrogens is 1. The molecular weight excluding hydrogens is 360 g/mol. The number of hydrogen-bond donors (Lipinski definition) is 2. The quantitative estimate of drug-likeness (QED) is 0.654. The lowest BCUT2D eigenvalue weighted by Crippen LogP contribution is -2.45. The molecule has 5 nitrogen and oxygen atoms in total. The van der Waals surface area contributed by atoms with Crippen molar-refractivity contribution in [1.29, 1.82) is 0 Å². The minimum atomic E-state index is -0.928. The van der Waals surface area contributed by atoms with E-state index in [1.807, 2.05) is 61.5 Å². The van der Waals surface area contributed by atoms with Gasteiger partial charge in [0, 0.05) is 13.0 Å². The van der Waals surface area contributed by atoms with Crippen molar-refractivity contribution >= 4 is 33.4 Å². The van der Waals surface area contributed by atoms with Crippen LogP contribution in [0.25, 0.3) is 10.2 Å². The number of rotatable bonds is 7. The van der Waals surface area contributed by atoms with Gasteiger partial charge in [0.05, 0.1) is 26.6 Å². The Hall–Kier alpha value is -2.73. The zero-order chi connectivity index (χ0) is 19.4. The largest absolute Gasteiger partial charge is 0.481 e. The van der Waals surface area contributed by atoms with Crippen LogP contribution >= 0.6 is 11.3 Å². The second kappa shape index (κ2) is 7.88. The first-order valence-electron chi connectivity index (χ1n) is 8.81. The molecule has 140 valence electrons. The predicted octanol–water partition coefficient (Wildman–Crippen LogP) is 3.63. The highest BCUT2D eigenvalue weighted by Crippen LogP contribution is 2.32. The van der Waals surface area contributed by atoms with Crippen molar-refractivity contribution in [2.75, 3.05) is 6.54 Å². The number of benzene rings is 2. The normalized spacial score (nSPS) is 14.4. The van der Waals surface area contributed by atoms with Crippen molar-refractivity contribution in [1.82, 2.24) is 10.3 Å². The molecule has 0 aliphatic carbocycles. The van der Waals surface area contributed by atoms with E-state index in [9.17, 15) is 9.59 Å². The first-order chi connectivity index (χ1) is 12.9. The van der Waals surface area contributed by atoms with Crippen LogP contribution in [-0.2, 0) is 21.4 Å². The number of carbonyl (C=O) groups excluding carboxylic acids is 1. The molecule has 3 aromatic rings. The number of nitrogens with one attached hydrogen (secondary N) is 1. The van der Waals surface area contributed by atoms with Crippen LogP contribution in [0, 0.1) is 5.92 Å². The Morgan fingerprint density at radius 1 is 1.15 bits per heavy atom. The summed E-state index contributed by atoms with van der Waals surface area (Å²) >= 11 is 1.58. The van der Waals surface area contributed by atoms with Gasteiger partial charge < -0.3 is 10.4 Å². The van der Waals surface area contributed by atoms with Gasteiger partial charge in [-0.25, -0.2) is 4.98 Å². The molecule has 0 spiro atoms. The number of aliphatic carboxylic acids is 1. The number of amides is 1. The van der Waals surface area contributed by atoms with E-state index in [0.29, 0.717) is 6.42 Å². The predicted molar refractivity (Wildman–Crippen MR) is 107 cm³/mol. The summed E-state index contributed by atoms with van der Waals surface area (Å²) in [7, 11) is 0. The van der Waals surface area contributed by atoms with E-state index in [2.05, 4.69) is 10.3 Å². The molecule has 0 radical (unpaired) electrons. The summed E-state index contributed by atoms with van der Waals surface area (Å²) in [5.41, 5.74) is 0.963. The molecule has 6 heteroatoms. The number of carboxylic acid groups (broad SMARTS) is 1. The van der Waals surface area contributed by atoms with Gasteiger partial charge in [-0.15, -0.1) is 11.3 Å². The fraction of sp³-hybridized carbons (Fsp3) is 0.286. The summed E-state index contributed by atoms with van der Waals surface area (Å²) < 4.78 is 1.09. The summed E-state index contributed by atoms with van der Waals surface area (Å²) in [4.78, 5) is 28.8. The number of para-hydroxylation sites is 1. The molecule has 1 amide bonds. The van der Waals surface area contributed by atoms with Crippen molar-refractivity contribution in [2.24, 2.45) is 5.92 Å². The van der Waals surface area contributed by atoms with Crippen LogP contribution in [0.3, 0.4) is 0 Å². The SMILES string of the molecule is CC(CNC(=O)C(C)(Cc1nc2ccccc2s1)c1ccccc1)C(=O)O. The van der Waals surface area contributed by atoms with Crippen molar-refractivity contribution in [3.8, 4) is 0 Å². The van der Waals surface area contributed by atoms with Gasteiger partial charge in [0.2, 0.25) is 5.91 Å². The van der Waals surface area contributed by atoms with Crippen molar-refractivity contribution in [3.63, 3.8) is 0 Å². The van der Waals surface area contributed by atoms with Gasteiger partial charge in [-0.2, -0.15) is 0 Å².